The number of carbonyl (C=O) groups excluding carboxylic acids is 4. The molecule has 1 aliphatic carbocycles. The maximum Gasteiger partial charge on any atom is 0.254 e. The lowest BCUT2D eigenvalue weighted by atomic mass is 9.81. The number of benzene rings is 8. The lowest BCUT2D eigenvalue weighted by Crippen LogP contribution is -2.48. The number of ether oxygens (including phenoxy) is 2. The van der Waals surface area contributed by atoms with E-state index in [0.717, 1.165) is 138 Å². The first-order valence-electron chi connectivity index (χ1n) is 49.9. The van der Waals surface area contributed by atoms with Crippen LogP contribution in [0.4, 0.5) is 5.69 Å². The van der Waals surface area contributed by atoms with Crippen LogP contribution in [0.3, 0.4) is 0 Å². The molecule has 0 radical (unpaired) electrons. The van der Waals surface area contributed by atoms with Gasteiger partial charge in [0.2, 0.25) is 11.7 Å². The molecule has 0 spiro atoms. The van der Waals surface area contributed by atoms with Crippen LogP contribution in [0, 0.1) is 0 Å². The zero-order chi connectivity index (χ0) is 99.4. The topological polar surface area (TPSA) is 203 Å². The molecule has 2 aromatic heterocycles. The zero-order valence-corrected chi connectivity index (χ0v) is 87.8. The minimum atomic E-state index is 0. The maximum absolute atomic E-state index is 12.3. The van der Waals surface area contributed by atoms with E-state index in [0.29, 0.717) is 38.2 Å². The Hall–Kier alpha value is -10.5. The number of nitrogens with one attached hydrogen (secondary N) is 2. The van der Waals surface area contributed by atoms with Crippen molar-refractivity contribution in [1.29, 1.82) is 0 Å². The van der Waals surface area contributed by atoms with Gasteiger partial charge in [-0.25, -0.2) is 9.67 Å². The molecule has 2 N–H and O–H groups in total. The minimum absolute atomic E-state index is 0. The summed E-state index contributed by atoms with van der Waals surface area (Å²) in [5, 5.41) is 21.2. The largest absolute Gasteiger partial charge is 0.379 e. The highest BCUT2D eigenvalue weighted by Crippen LogP contribution is 2.36. The number of aromatic nitrogens is 7. The summed E-state index contributed by atoms with van der Waals surface area (Å²) in [4.78, 5) is 64.3. The predicted octanol–water partition coefficient (Wildman–Crippen LogP) is 24.1. The number of tetrazole rings is 1. The number of likely N-dealkylation sites (tertiary alicyclic amines) is 1. The minimum Gasteiger partial charge on any atom is -0.379 e. The van der Waals surface area contributed by atoms with E-state index in [1.165, 1.54) is 94.2 Å². The molecular weight excluding hydrogens is 1700 g/mol. The van der Waals surface area contributed by atoms with Crippen LogP contribution in [0.25, 0.3) is 17.1 Å². The van der Waals surface area contributed by atoms with Gasteiger partial charge in [0, 0.05) is 133 Å². The Balaban J connectivity index is 0.000000192. The van der Waals surface area contributed by atoms with Crippen LogP contribution in [0.15, 0.2) is 207 Å². The van der Waals surface area contributed by atoms with Crippen molar-refractivity contribution in [2.24, 2.45) is 0 Å². The molecular formula is C117H170N14O6. The number of nitrogens with zero attached hydrogens (tertiary/aromatic N) is 12. The number of rotatable bonds is 9. The molecule has 1 saturated carbocycles. The molecule has 5 saturated heterocycles. The molecule has 744 valence electrons. The molecule has 0 bridgehead atoms. The SMILES string of the molecule is C.CC(=O)N1CCN(c2ccc(C(C)(C)C)cc2)CC1.CC(C)(C)c1ccc(-c2nn[nH]n2)cc1.CC(C)(C)c1ccc(-n2cncn2)cc1.CC(C)(C)c1ccc(C(=O)N2CCCC2)cc1.CC(C)(C)c1ccc(C(=O)N2CCNCC2)cc1.CC(C)(C)c1ccc(C(=O)N2CCOCC2)cc1.CC(C)(C)c1ccc(C2CCCCC2)cc1.CC(c1ccc(C(C)(C)C)cc1)N1CCOCC1. The molecule has 137 heavy (non-hydrogen) atoms. The zero-order valence-electron chi connectivity index (χ0n) is 87.8. The Kier molecular flexibility index (Phi) is 41.5. The summed E-state index contributed by atoms with van der Waals surface area (Å²) in [6.07, 6.45) is 12.6. The molecule has 6 aliphatic rings. The second-order valence-electron chi connectivity index (χ2n) is 45.3. The molecule has 10 aromatic rings. The summed E-state index contributed by atoms with van der Waals surface area (Å²) < 4.78 is 12.4. The summed E-state index contributed by atoms with van der Waals surface area (Å²) in [6.45, 7) is 72.3. The van der Waals surface area contributed by atoms with Crippen LogP contribution in [-0.2, 0) is 57.6 Å². The first-order valence-corrected chi connectivity index (χ1v) is 49.9. The number of anilines is 1. The second kappa shape index (κ2) is 50.9. The van der Waals surface area contributed by atoms with Crippen LogP contribution >= 0.6 is 0 Å². The summed E-state index contributed by atoms with van der Waals surface area (Å²) in [6, 6.07) is 68.5. The fourth-order valence-corrected chi connectivity index (χ4v) is 16.9. The number of hydrogen-bond acceptors (Lipinski definition) is 14. The van der Waals surface area contributed by atoms with E-state index >= 15 is 0 Å². The van der Waals surface area contributed by atoms with Crippen molar-refractivity contribution in [3.8, 4) is 17.1 Å². The molecule has 4 amide bonds. The molecule has 16 rings (SSSR count). The lowest BCUT2D eigenvalue weighted by Gasteiger charge is -2.35. The van der Waals surface area contributed by atoms with Crippen molar-refractivity contribution < 1.29 is 28.7 Å². The van der Waals surface area contributed by atoms with Gasteiger partial charge in [-0.15, -0.1) is 10.2 Å². The lowest BCUT2D eigenvalue weighted by molar-refractivity contribution is -0.129. The maximum atomic E-state index is 12.3. The van der Waals surface area contributed by atoms with Gasteiger partial charge in [0.15, 0.2) is 0 Å². The number of carbonyl (C=O) groups is 4. The average molecular weight is 1870 g/mol. The van der Waals surface area contributed by atoms with Crippen molar-refractivity contribution in [1.82, 2.24) is 65.2 Å². The van der Waals surface area contributed by atoms with Gasteiger partial charge in [0.25, 0.3) is 17.7 Å². The third-order valence-electron chi connectivity index (χ3n) is 26.4. The Morgan fingerprint density at radius 3 is 1.05 bits per heavy atom. The fourth-order valence-electron chi connectivity index (χ4n) is 16.9. The van der Waals surface area contributed by atoms with Gasteiger partial charge in [-0.3, -0.25) is 24.1 Å². The van der Waals surface area contributed by atoms with Crippen molar-refractivity contribution in [2.75, 3.05) is 123 Å². The van der Waals surface area contributed by atoms with E-state index in [-0.39, 0.29) is 74.4 Å². The van der Waals surface area contributed by atoms with Crippen molar-refractivity contribution in [3.05, 3.63) is 279 Å². The molecule has 20 nitrogen and oxygen atoms in total. The average Bonchev–Trinajstić information content (AvgIpc) is 1.35. The highest BCUT2D eigenvalue weighted by Gasteiger charge is 2.28. The smallest absolute Gasteiger partial charge is 0.254 e. The monoisotopic (exact) mass is 1870 g/mol. The number of piperazine rings is 2. The van der Waals surface area contributed by atoms with Gasteiger partial charge in [0.05, 0.1) is 32.1 Å². The van der Waals surface area contributed by atoms with Crippen LogP contribution in [0.2, 0.25) is 0 Å². The van der Waals surface area contributed by atoms with Gasteiger partial charge < -0.3 is 39.3 Å². The normalized spacial score (nSPS) is 16.1. The van der Waals surface area contributed by atoms with Crippen LogP contribution < -0.4 is 10.2 Å². The second-order valence-corrected chi connectivity index (χ2v) is 45.3. The number of H-pyrrole nitrogens is 1. The first-order chi connectivity index (χ1) is 64.0. The number of amides is 4. The molecule has 20 heteroatoms. The fraction of sp³-hybridized carbons (Fsp3) is 0.530. The molecule has 1 atom stereocenters. The van der Waals surface area contributed by atoms with Gasteiger partial charge >= 0.3 is 0 Å². The van der Waals surface area contributed by atoms with E-state index in [9.17, 15) is 19.2 Å². The standard InChI is InChI=1S/C16H24N2O.C16H25NO.C16H24.C15H22N2O.C15H21NO2.C15H21NO.C12H15N3.C11H14N4.CH4/c1-13(19)17-9-11-18(12-10-17)15-7-5-14(6-8-15)16(2,3)4;1-13(17-9-11-18-12-10-17)14-5-7-15(8-6-14)16(2,3)4;1-16(2,3)15-11-9-14(10-12-15)13-7-5-4-6-8-13;1-15(2,3)13-6-4-12(5-7-13)14(18)17-10-8-16-9-11-17;1-15(2,3)13-6-4-12(5-7-13)14(17)16-8-10-18-11-9-16;1-15(2,3)13-8-6-12(7-9-13)14(17)16-10-4-5-11-16;1-12(2,3)10-4-6-11(7-5-10)15-9-13-8-14-15;1-11(2,3)9-6-4-8(5-7-9)10-12-14-15-13-10;/h5-8H,9-12H2,1-4H3;5-8,13H,9-12H2,1-4H3;9-13H,4-8H2,1-3H3;4-7,16H,8-11H2,1-3H3;4-7H,8-11H2,1-3H3;6-9H,4-5,10-11H2,1-3H3;4-9H,1-3H3;4-7H,1-3H3,(H,12,13,14,15);1H4. The van der Waals surface area contributed by atoms with Gasteiger partial charge in [-0.2, -0.15) is 10.3 Å². The van der Waals surface area contributed by atoms with Crippen molar-refractivity contribution in [2.45, 2.75) is 288 Å². The quantitative estimate of drug-likeness (QED) is 0.138. The molecule has 7 heterocycles. The number of morpholine rings is 2. The summed E-state index contributed by atoms with van der Waals surface area (Å²) in [5.74, 6) is 2.10. The van der Waals surface area contributed by atoms with E-state index in [1.54, 1.807) is 23.5 Å². The highest BCUT2D eigenvalue weighted by molar-refractivity contribution is 5.95. The van der Waals surface area contributed by atoms with Crippen LogP contribution in [0.5, 0.6) is 0 Å². The van der Waals surface area contributed by atoms with E-state index in [2.05, 4.69) is 352 Å². The Morgan fingerprint density at radius 1 is 0.365 bits per heavy atom. The summed E-state index contributed by atoms with van der Waals surface area (Å²) in [5.41, 5.74) is 20.8. The summed E-state index contributed by atoms with van der Waals surface area (Å²) >= 11 is 0. The molecule has 8 aromatic carbocycles. The van der Waals surface area contributed by atoms with Crippen molar-refractivity contribution in [3.63, 3.8) is 0 Å². The number of hydrogen-bond donors (Lipinski definition) is 2. The van der Waals surface area contributed by atoms with Gasteiger partial charge in [-0.05, 0) is 203 Å². The third-order valence-corrected chi connectivity index (χ3v) is 26.4. The third kappa shape index (κ3) is 35.4. The highest BCUT2D eigenvalue weighted by atomic mass is 16.5. The Morgan fingerprint density at radius 2 is 0.701 bits per heavy atom. The predicted molar refractivity (Wildman–Crippen MR) is 568 cm³/mol. The Labute approximate surface area is 825 Å². The molecule has 6 fully saturated rings. The van der Waals surface area contributed by atoms with Crippen LogP contribution in [0.1, 0.15) is 331 Å². The van der Waals surface area contributed by atoms with E-state index in [1.807, 2.05) is 80.3 Å². The first kappa shape index (κ1) is 112. The van der Waals surface area contributed by atoms with E-state index in [4.69, 9.17) is 9.47 Å². The van der Waals surface area contributed by atoms with Crippen molar-refractivity contribution >= 4 is 29.3 Å². The van der Waals surface area contributed by atoms with Gasteiger partial charge in [-0.1, -0.05) is 326 Å². The number of aromatic amines is 1. The van der Waals surface area contributed by atoms with Crippen LogP contribution in [-0.4, -0.2) is 202 Å². The summed E-state index contributed by atoms with van der Waals surface area (Å²) in [7, 11) is 0. The Bertz CT molecular complexity index is 5010. The molecule has 5 aliphatic heterocycles. The van der Waals surface area contributed by atoms with Gasteiger partial charge in [0.1, 0.15) is 12.7 Å². The molecule has 1 unspecified atom stereocenters. The van der Waals surface area contributed by atoms with E-state index < -0.39 is 0 Å².